The van der Waals surface area contributed by atoms with Crippen molar-refractivity contribution in [1.29, 1.82) is 0 Å². The van der Waals surface area contributed by atoms with Crippen molar-refractivity contribution in [3.8, 4) is 11.5 Å². The van der Waals surface area contributed by atoms with Gasteiger partial charge in [0.15, 0.2) is 0 Å². The number of carbonyl (C=O) groups is 2. The molecule has 0 aliphatic heterocycles. The number of methoxy groups -OCH3 is 2. The van der Waals surface area contributed by atoms with Crippen LogP contribution in [0.2, 0.25) is 0 Å². The van der Waals surface area contributed by atoms with Gasteiger partial charge in [0.2, 0.25) is 0 Å². The van der Waals surface area contributed by atoms with Crippen molar-refractivity contribution in [2.45, 2.75) is 12.3 Å². The molecule has 1 unspecified atom stereocenters. The summed E-state index contributed by atoms with van der Waals surface area (Å²) in [7, 11) is 2.86. The first-order valence-corrected chi connectivity index (χ1v) is 5.16. The second-order valence-corrected chi connectivity index (χ2v) is 3.60. The van der Waals surface area contributed by atoms with Crippen LogP contribution in [-0.2, 0) is 9.59 Å². The number of benzene rings is 1. The third-order valence-electron chi connectivity index (χ3n) is 2.49. The largest absolute Gasteiger partial charge is 0.497 e. The second-order valence-electron chi connectivity index (χ2n) is 3.60. The molecule has 0 aliphatic carbocycles. The molecule has 1 rings (SSSR count). The van der Waals surface area contributed by atoms with E-state index in [1.54, 1.807) is 6.07 Å². The van der Waals surface area contributed by atoms with Gasteiger partial charge >= 0.3 is 11.9 Å². The second kappa shape index (κ2) is 5.90. The van der Waals surface area contributed by atoms with Crippen LogP contribution in [0.3, 0.4) is 0 Å². The Labute approximate surface area is 104 Å². The minimum Gasteiger partial charge on any atom is -0.497 e. The summed E-state index contributed by atoms with van der Waals surface area (Å²) in [6, 6.07) is 4.59. The fourth-order valence-electron chi connectivity index (χ4n) is 1.61. The molecule has 18 heavy (non-hydrogen) atoms. The molecular formula is C12H14O6. The molecule has 98 valence electrons. The maximum Gasteiger partial charge on any atom is 0.311 e. The Morgan fingerprint density at radius 3 is 2.33 bits per heavy atom. The van der Waals surface area contributed by atoms with Gasteiger partial charge in [-0.15, -0.1) is 0 Å². The smallest absolute Gasteiger partial charge is 0.311 e. The standard InChI is InChI=1S/C12H14O6/c1-17-7-3-4-8(10(5-7)18-2)9(12(15)16)6-11(13)14/h3-5,9H,6H2,1-2H3,(H,13,14)(H,15,16). The monoisotopic (exact) mass is 254 g/mol. The van der Waals surface area contributed by atoms with E-state index in [0.717, 1.165) is 0 Å². The van der Waals surface area contributed by atoms with Crippen LogP contribution in [0.25, 0.3) is 0 Å². The van der Waals surface area contributed by atoms with Crippen molar-refractivity contribution < 1.29 is 29.3 Å². The highest BCUT2D eigenvalue weighted by Crippen LogP contribution is 2.32. The minimum absolute atomic E-state index is 0.294. The first kappa shape index (κ1) is 13.8. The normalized spacial score (nSPS) is 11.7. The SMILES string of the molecule is COc1ccc(C(CC(=O)O)C(=O)O)c(OC)c1. The summed E-state index contributed by atoms with van der Waals surface area (Å²) < 4.78 is 10.1. The van der Waals surface area contributed by atoms with Crippen molar-refractivity contribution >= 4 is 11.9 Å². The van der Waals surface area contributed by atoms with Gasteiger partial charge in [-0.05, 0) is 6.07 Å². The Bertz CT molecular complexity index is 454. The zero-order valence-electron chi connectivity index (χ0n) is 10.0. The van der Waals surface area contributed by atoms with E-state index in [9.17, 15) is 9.59 Å². The van der Waals surface area contributed by atoms with E-state index in [1.807, 2.05) is 0 Å². The zero-order chi connectivity index (χ0) is 13.7. The highest BCUT2D eigenvalue weighted by Gasteiger charge is 2.26. The van der Waals surface area contributed by atoms with Gasteiger partial charge in [-0.2, -0.15) is 0 Å². The zero-order valence-corrected chi connectivity index (χ0v) is 10.0. The van der Waals surface area contributed by atoms with E-state index in [0.29, 0.717) is 17.1 Å². The van der Waals surface area contributed by atoms with E-state index >= 15 is 0 Å². The first-order valence-electron chi connectivity index (χ1n) is 5.16. The average molecular weight is 254 g/mol. The third kappa shape index (κ3) is 3.13. The lowest BCUT2D eigenvalue weighted by atomic mass is 9.95. The topological polar surface area (TPSA) is 93.1 Å². The maximum atomic E-state index is 11.1. The summed E-state index contributed by atoms with van der Waals surface area (Å²) >= 11 is 0. The molecule has 2 N–H and O–H groups in total. The molecule has 0 bridgehead atoms. The van der Waals surface area contributed by atoms with E-state index in [4.69, 9.17) is 19.7 Å². The molecule has 0 saturated carbocycles. The van der Waals surface area contributed by atoms with Gasteiger partial charge in [-0.3, -0.25) is 9.59 Å². The van der Waals surface area contributed by atoms with Crippen LogP contribution in [0.15, 0.2) is 18.2 Å². The summed E-state index contributed by atoms with van der Waals surface area (Å²) in [5.41, 5.74) is 0.313. The van der Waals surface area contributed by atoms with E-state index in [2.05, 4.69) is 0 Å². The Morgan fingerprint density at radius 1 is 1.22 bits per heavy atom. The quantitative estimate of drug-likeness (QED) is 0.795. The van der Waals surface area contributed by atoms with Gasteiger partial charge in [0.1, 0.15) is 11.5 Å². The van der Waals surface area contributed by atoms with E-state index in [-0.39, 0.29) is 0 Å². The van der Waals surface area contributed by atoms with Crippen LogP contribution in [0, 0.1) is 0 Å². The number of ether oxygens (including phenoxy) is 2. The van der Waals surface area contributed by atoms with Gasteiger partial charge in [0.25, 0.3) is 0 Å². The summed E-state index contributed by atoms with van der Waals surface area (Å²) in [5.74, 6) is -2.73. The molecule has 1 atom stereocenters. The fraction of sp³-hybridized carbons (Fsp3) is 0.333. The fourth-order valence-corrected chi connectivity index (χ4v) is 1.61. The number of carboxylic acids is 2. The van der Waals surface area contributed by atoms with Gasteiger partial charge < -0.3 is 19.7 Å². The van der Waals surface area contributed by atoms with Crippen molar-refractivity contribution in [3.05, 3.63) is 23.8 Å². The van der Waals surface area contributed by atoms with Crippen molar-refractivity contribution in [3.63, 3.8) is 0 Å². The molecule has 6 nitrogen and oxygen atoms in total. The van der Waals surface area contributed by atoms with E-state index < -0.39 is 24.3 Å². The van der Waals surface area contributed by atoms with Crippen molar-refractivity contribution in [2.24, 2.45) is 0 Å². The average Bonchev–Trinajstić information content (AvgIpc) is 2.34. The van der Waals surface area contributed by atoms with Crippen LogP contribution in [0.5, 0.6) is 11.5 Å². The molecule has 0 saturated heterocycles. The predicted octanol–water partition coefficient (Wildman–Crippen LogP) is 1.35. The number of aliphatic carboxylic acids is 2. The maximum absolute atomic E-state index is 11.1. The molecule has 1 aromatic carbocycles. The van der Waals surface area contributed by atoms with Crippen LogP contribution < -0.4 is 9.47 Å². The number of carboxylic acid groups (broad SMARTS) is 2. The van der Waals surface area contributed by atoms with Crippen LogP contribution >= 0.6 is 0 Å². The Kier molecular flexibility index (Phi) is 4.53. The Balaban J connectivity index is 3.18. The van der Waals surface area contributed by atoms with Gasteiger partial charge in [-0.25, -0.2) is 0 Å². The van der Waals surface area contributed by atoms with Gasteiger partial charge in [0, 0.05) is 11.6 Å². The predicted molar refractivity (Wildman–Crippen MR) is 62.2 cm³/mol. The first-order chi connectivity index (χ1) is 8.49. The molecule has 0 aromatic heterocycles. The molecule has 0 radical (unpaired) electrons. The van der Waals surface area contributed by atoms with E-state index in [1.165, 1.54) is 26.4 Å². The highest BCUT2D eigenvalue weighted by atomic mass is 16.5. The Morgan fingerprint density at radius 2 is 1.89 bits per heavy atom. The van der Waals surface area contributed by atoms with Crippen LogP contribution in [-0.4, -0.2) is 36.4 Å². The summed E-state index contributed by atoms with van der Waals surface area (Å²) in [5, 5.41) is 17.8. The Hall–Kier alpha value is -2.24. The molecule has 1 aromatic rings. The summed E-state index contributed by atoms with van der Waals surface area (Å²) in [6.45, 7) is 0. The highest BCUT2D eigenvalue weighted by molar-refractivity contribution is 5.83. The lowest BCUT2D eigenvalue weighted by molar-refractivity contribution is -0.145. The molecule has 0 heterocycles. The van der Waals surface area contributed by atoms with Crippen molar-refractivity contribution in [2.75, 3.05) is 14.2 Å². The number of hydrogen-bond acceptors (Lipinski definition) is 4. The van der Waals surface area contributed by atoms with Gasteiger partial charge in [0.05, 0.1) is 26.6 Å². The molecule has 0 fully saturated rings. The van der Waals surface area contributed by atoms with Crippen LogP contribution in [0.1, 0.15) is 17.9 Å². The van der Waals surface area contributed by atoms with Crippen molar-refractivity contribution in [1.82, 2.24) is 0 Å². The molecular weight excluding hydrogens is 240 g/mol. The minimum atomic E-state index is -1.21. The lowest BCUT2D eigenvalue weighted by Gasteiger charge is -2.15. The molecule has 6 heteroatoms. The molecule has 0 amide bonds. The number of rotatable bonds is 6. The molecule has 0 aliphatic rings. The van der Waals surface area contributed by atoms with Gasteiger partial charge in [-0.1, -0.05) is 6.07 Å². The summed E-state index contributed by atoms with van der Waals surface area (Å²) in [6.07, 6.45) is -0.502. The lowest BCUT2D eigenvalue weighted by Crippen LogP contribution is -2.16. The number of hydrogen-bond donors (Lipinski definition) is 2. The summed E-state index contributed by atoms with van der Waals surface area (Å²) in [4.78, 5) is 21.8. The van der Waals surface area contributed by atoms with Crippen LogP contribution in [0.4, 0.5) is 0 Å². The molecule has 0 spiro atoms. The third-order valence-corrected chi connectivity index (χ3v) is 2.49.